The van der Waals surface area contributed by atoms with Crippen LogP contribution < -0.4 is 5.32 Å². The third-order valence-electron chi connectivity index (χ3n) is 5.91. The van der Waals surface area contributed by atoms with Crippen LogP contribution in [0.1, 0.15) is 37.7 Å². The van der Waals surface area contributed by atoms with E-state index in [0.717, 1.165) is 12.8 Å². The highest BCUT2D eigenvalue weighted by molar-refractivity contribution is 6.83. The second kappa shape index (κ2) is 7.51. The van der Waals surface area contributed by atoms with E-state index in [1.165, 1.54) is 46.9 Å². The summed E-state index contributed by atoms with van der Waals surface area (Å²) in [4.78, 5) is 0. The maximum absolute atomic E-state index is 3.77. The molecule has 0 heterocycles. The monoisotopic (exact) mass is 373 g/mol. The first-order valence-electron chi connectivity index (χ1n) is 10.4. The minimum Gasteiger partial charge on any atom is -0.382 e. The molecule has 0 radical (unpaired) electrons. The van der Waals surface area contributed by atoms with Crippen molar-refractivity contribution < 1.29 is 0 Å². The first kappa shape index (κ1) is 18.3. The zero-order chi connectivity index (χ0) is 18.9. The summed E-state index contributed by atoms with van der Waals surface area (Å²) < 4.78 is 0. The topological polar surface area (TPSA) is 12.0 Å². The number of hydrogen-bond acceptors (Lipinski definition) is 1. The zero-order valence-electron chi connectivity index (χ0n) is 16.9. The van der Waals surface area contributed by atoms with Crippen LogP contribution in [0.5, 0.6) is 0 Å². The summed E-state index contributed by atoms with van der Waals surface area (Å²) in [5.41, 5.74) is 3.94. The van der Waals surface area contributed by atoms with Gasteiger partial charge in [-0.3, -0.25) is 0 Å². The summed E-state index contributed by atoms with van der Waals surface area (Å²) in [6.07, 6.45) is 15.4. The predicted octanol–water partition coefficient (Wildman–Crippen LogP) is 7.34. The number of fused-ring (bicyclic) bond motifs is 1. The molecule has 0 aliphatic heterocycles. The average molecular weight is 374 g/mol. The van der Waals surface area contributed by atoms with Gasteiger partial charge in [-0.25, -0.2) is 0 Å². The van der Waals surface area contributed by atoms with Gasteiger partial charge in [-0.1, -0.05) is 67.3 Å². The van der Waals surface area contributed by atoms with E-state index < -0.39 is 8.07 Å². The summed E-state index contributed by atoms with van der Waals surface area (Å²) >= 11 is 0. The average Bonchev–Trinajstić information content (AvgIpc) is 2.68. The highest BCUT2D eigenvalue weighted by atomic mass is 28.3. The molecule has 1 unspecified atom stereocenters. The molecule has 0 spiro atoms. The molecular formula is C25H31NSi. The van der Waals surface area contributed by atoms with E-state index in [9.17, 15) is 0 Å². The molecule has 1 N–H and O–H groups in total. The molecule has 2 aliphatic carbocycles. The molecule has 0 bridgehead atoms. The van der Waals surface area contributed by atoms with Crippen LogP contribution in [-0.4, -0.2) is 14.1 Å². The number of rotatable bonds is 4. The van der Waals surface area contributed by atoms with Gasteiger partial charge in [0, 0.05) is 11.7 Å². The fourth-order valence-corrected chi connectivity index (χ4v) is 5.85. The van der Waals surface area contributed by atoms with E-state index in [1.54, 1.807) is 5.20 Å². The number of allylic oxidation sites excluding steroid dienone is 5. The fourth-order valence-electron chi connectivity index (χ4n) is 4.22. The standard InChI is InChI=1S/C25H31NSi/c1-27(2,3)25-15-13-23(14-16-25)26-24-12-11-21-17-20(9-10-22(21)18-24)19-7-5-4-6-8-19/h5,7-12,15,17-18,23,26H,4,6,13-14,16H2,1-3H3. The van der Waals surface area contributed by atoms with Crippen molar-refractivity contribution in [2.45, 2.75) is 57.8 Å². The molecule has 1 nitrogen and oxygen atoms in total. The lowest BCUT2D eigenvalue weighted by Crippen LogP contribution is -2.30. The quantitative estimate of drug-likeness (QED) is 0.553. The van der Waals surface area contributed by atoms with E-state index >= 15 is 0 Å². The lowest BCUT2D eigenvalue weighted by Gasteiger charge is -2.29. The number of anilines is 1. The molecule has 2 aliphatic rings. The van der Waals surface area contributed by atoms with Gasteiger partial charge in [0.2, 0.25) is 0 Å². The molecule has 2 aromatic rings. The van der Waals surface area contributed by atoms with Crippen molar-refractivity contribution in [2.24, 2.45) is 0 Å². The van der Waals surface area contributed by atoms with E-state index in [1.807, 2.05) is 0 Å². The SMILES string of the molecule is C[Si](C)(C)C1=CCC(Nc2ccc3cc(C4=CCCC=C4)ccc3c2)CC1. The normalized spacial score (nSPS) is 20.3. The molecule has 4 rings (SSSR count). The van der Waals surface area contributed by atoms with Gasteiger partial charge in [-0.05, 0) is 72.2 Å². The van der Waals surface area contributed by atoms with Crippen LogP contribution in [0.15, 0.2) is 65.9 Å². The van der Waals surface area contributed by atoms with Crippen molar-refractivity contribution in [3.63, 3.8) is 0 Å². The molecule has 2 aromatic carbocycles. The minimum atomic E-state index is -1.11. The van der Waals surface area contributed by atoms with E-state index in [2.05, 4.69) is 85.7 Å². The zero-order valence-corrected chi connectivity index (χ0v) is 17.9. The van der Waals surface area contributed by atoms with Crippen molar-refractivity contribution in [1.29, 1.82) is 0 Å². The third kappa shape index (κ3) is 4.27. The van der Waals surface area contributed by atoms with Crippen molar-refractivity contribution in [1.82, 2.24) is 0 Å². The molecule has 1 atom stereocenters. The van der Waals surface area contributed by atoms with Crippen LogP contribution in [-0.2, 0) is 0 Å². The Hall–Kier alpha value is -2.06. The van der Waals surface area contributed by atoms with Crippen LogP contribution in [0.25, 0.3) is 16.3 Å². The molecule has 0 saturated carbocycles. The van der Waals surface area contributed by atoms with Crippen molar-refractivity contribution >= 4 is 30.1 Å². The van der Waals surface area contributed by atoms with Gasteiger partial charge in [0.25, 0.3) is 0 Å². The first-order valence-corrected chi connectivity index (χ1v) is 13.9. The summed E-state index contributed by atoms with van der Waals surface area (Å²) in [5, 5.41) is 8.16. The summed E-state index contributed by atoms with van der Waals surface area (Å²) in [7, 11) is -1.11. The second-order valence-corrected chi connectivity index (χ2v) is 14.2. The fraction of sp³-hybridized carbons (Fsp3) is 0.360. The smallest absolute Gasteiger partial charge is 0.0720 e. The molecule has 0 saturated heterocycles. The van der Waals surface area contributed by atoms with Crippen LogP contribution in [0, 0.1) is 0 Å². The Bertz CT molecular complexity index is 927. The van der Waals surface area contributed by atoms with Crippen molar-refractivity contribution in [2.75, 3.05) is 5.32 Å². The largest absolute Gasteiger partial charge is 0.382 e. The predicted molar refractivity (Wildman–Crippen MR) is 123 cm³/mol. The Labute approximate surface area is 164 Å². The molecule has 0 amide bonds. The molecule has 2 heteroatoms. The van der Waals surface area contributed by atoms with Crippen LogP contribution in [0.4, 0.5) is 5.69 Å². The lowest BCUT2D eigenvalue weighted by molar-refractivity contribution is 0.636. The summed E-state index contributed by atoms with van der Waals surface area (Å²) in [6.45, 7) is 7.38. The van der Waals surface area contributed by atoms with Gasteiger partial charge in [0.15, 0.2) is 0 Å². The van der Waals surface area contributed by atoms with Gasteiger partial charge in [-0.2, -0.15) is 0 Å². The molecule has 0 aromatic heterocycles. The Morgan fingerprint density at radius 3 is 2.44 bits per heavy atom. The summed E-state index contributed by atoms with van der Waals surface area (Å²) in [5.74, 6) is 0. The molecular weight excluding hydrogens is 342 g/mol. The van der Waals surface area contributed by atoms with E-state index in [0.29, 0.717) is 6.04 Å². The first-order chi connectivity index (χ1) is 13.0. The number of nitrogens with one attached hydrogen (secondary N) is 1. The van der Waals surface area contributed by atoms with Gasteiger partial charge in [0.05, 0.1) is 8.07 Å². The third-order valence-corrected chi connectivity index (χ3v) is 8.29. The Morgan fingerprint density at radius 2 is 1.74 bits per heavy atom. The van der Waals surface area contributed by atoms with Crippen LogP contribution in [0.3, 0.4) is 0 Å². The van der Waals surface area contributed by atoms with E-state index in [4.69, 9.17) is 0 Å². The summed E-state index contributed by atoms with van der Waals surface area (Å²) in [6, 6.07) is 14.2. The molecule has 140 valence electrons. The van der Waals surface area contributed by atoms with Crippen LogP contribution in [0.2, 0.25) is 19.6 Å². The second-order valence-electron chi connectivity index (χ2n) is 9.01. The lowest BCUT2D eigenvalue weighted by atomic mass is 9.96. The highest BCUT2D eigenvalue weighted by Gasteiger charge is 2.23. The van der Waals surface area contributed by atoms with Crippen molar-refractivity contribution in [3.8, 4) is 0 Å². The number of hydrogen-bond donors (Lipinski definition) is 1. The number of benzene rings is 2. The molecule has 27 heavy (non-hydrogen) atoms. The maximum Gasteiger partial charge on any atom is 0.0720 e. The van der Waals surface area contributed by atoms with Gasteiger partial charge < -0.3 is 5.32 Å². The van der Waals surface area contributed by atoms with Crippen LogP contribution >= 0.6 is 0 Å². The highest BCUT2D eigenvalue weighted by Crippen LogP contribution is 2.30. The molecule has 0 fully saturated rings. The van der Waals surface area contributed by atoms with E-state index in [-0.39, 0.29) is 0 Å². The Morgan fingerprint density at radius 1 is 0.926 bits per heavy atom. The van der Waals surface area contributed by atoms with Gasteiger partial charge in [0.1, 0.15) is 0 Å². The Balaban J connectivity index is 1.49. The maximum atomic E-state index is 3.77. The van der Waals surface area contributed by atoms with Gasteiger partial charge >= 0.3 is 0 Å². The Kier molecular flexibility index (Phi) is 5.10. The van der Waals surface area contributed by atoms with Gasteiger partial charge in [-0.15, -0.1) is 0 Å². The van der Waals surface area contributed by atoms with Crippen molar-refractivity contribution in [3.05, 3.63) is 71.5 Å². The minimum absolute atomic E-state index is 0.569.